The number of hydrogen-bond donors (Lipinski definition) is 2. The van der Waals surface area contributed by atoms with Crippen molar-refractivity contribution in [3.63, 3.8) is 0 Å². The molecule has 0 saturated carbocycles. The number of benzene rings is 1. The summed E-state index contributed by atoms with van der Waals surface area (Å²) in [6.45, 7) is 10.2. The summed E-state index contributed by atoms with van der Waals surface area (Å²) < 4.78 is 0. The van der Waals surface area contributed by atoms with E-state index in [0.29, 0.717) is 18.7 Å². The lowest BCUT2D eigenvalue weighted by Gasteiger charge is -2.36. The number of rotatable bonds is 5. The third-order valence-electron chi connectivity index (χ3n) is 5.49. The maximum atomic E-state index is 12.6. The summed E-state index contributed by atoms with van der Waals surface area (Å²) in [7, 11) is 0. The Hall–Kier alpha value is -2.39. The zero-order valence-electron chi connectivity index (χ0n) is 16.1. The second-order valence-corrected chi connectivity index (χ2v) is 7.50. The van der Waals surface area contributed by atoms with E-state index in [1.54, 1.807) is 6.92 Å². The largest absolute Gasteiger partial charge is 0.333 e. The molecule has 2 amide bonds. The molecule has 140 valence electrons. The molecule has 0 unspecified atom stereocenters. The van der Waals surface area contributed by atoms with E-state index in [-0.39, 0.29) is 23.8 Å². The minimum atomic E-state index is -0.865. The molecule has 2 rings (SSSR count). The first kappa shape index (κ1) is 19.9. The number of nitriles is 1. The van der Waals surface area contributed by atoms with Crippen molar-refractivity contribution in [3.05, 3.63) is 35.9 Å². The van der Waals surface area contributed by atoms with Crippen LogP contribution in [0, 0.1) is 17.2 Å². The molecule has 2 atom stereocenters. The van der Waals surface area contributed by atoms with Crippen molar-refractivity contribution in [2.45, 2.75) is 39.3 Å². The van der Waals surface area contributed by atoms with Crippen molar-refractivity contribution in [2.75, 3.05) is 26.2 Å². The van der Waals surface area contributed by atoms with Crippen molar-refractivity contribution in [1.82, 2.24) is 10.2 Å². The standard InChI is InChI=1S/C20H28N4O2/c1-15(2)20(4,14-21)22-18(25)16(3)23-10-12-24(13-11-23)19(26)17-8-6-5-7-9-17/h5-9,15-16H,10-13H2,1-4H3,(H,22,25)/p+1/t16-,20+/m0/s1. The lowest BCUT2D eigenvalue weighted by molar-refractivity contribution is -0.917. The van der Waals surface area contributed by atoms with Crippen LogP contribution in [-0.2, 0) is 4.79 Å². The Bertz CT molecular complexity index is 675. The van der Waals surface area contributed by atoms with E-state index in [1.165, 1.54) is 0 Å². The van der Waals surface area contributed by atoms with Gasteiger partial charge in [0.2, 0.25) is 0 Å². The lowest BCUT2D eigenvalue weighted by Crippen LogP contribution is -3.19. The van der Waals surface area contributed by atoms with Crippen LogP contribution >= 0.6 is 0 Å². The van der Waals surface area contributed by atoms with E-state index < -0.39 is 5.54 Å². The highest BCUT2D eigenvalue weighted by Gasteiger charge is 2.36. The molecule has 6 heteroatoms. The minimum Gasteiger partial charge on any atom is -0.333 e. The van der Waals surface area contributed by atoms with Gasteiger partial charge in [0.15, 0.2) is 6.04 Å². The Labute approximate surface area is 155 Å². The molecular weight excluding hydrogens is 328 g/mol. The molecule has 1 saturated heterocycles. The first-order chi connectivity index (χ1) is 12.3. The maximum Gasteiger partial charge on any atom is 0.279 e. The zero-order valence-corrected chi connectivity index (χ0v) is 16.1. The number of quaternary nitrogens is 1. The second kappa shape index (κ2) is 8.33. The van der Waals surface area contributed by atoms with Crippen LogP contribution < -0.4 is 10.2 Å². The van der Waals surface area contributed by atoms with Crippen LogP contribution in [-0.4, -0.2) is 54.5 Å². The molecule has 0 radical (unpaired) electrons. The van der Waals surface area contributed by atoms with Crippen molar-refractivity contribution in [2.24, 2.45) is 5.92 Å². The fourth-order valence-corrected chi connectivity index (χ4v) is 3.04. The number of nitrogens with zero attached hydrogens (tertiary/aromatic N) is 2. The Kier molecular flexibility index (Phi) is 6.38. The van der Waals surface area contributed by atoms with Gasteiger partial charge in [-0.25, -0.2) is 0 Å². The van der Waals surface area contributed by atoms with Crippen molar-refractivity contribution in [1.29, 1.82) is 5.26 Å². The molecule has 1 aromatic rings. The normalized spacial score (nSPS) is 18.7. The summed E-state index contributed by atoms with van der Waals surface area (Å²) in [4.78, 5) is 28.1. The molecule has 1 aromatic carbocycles. The van der Waals surface area contributed by atoms with Crippen LogP contribution in [0.5, 0.6) is 0 Å². The van der Waals surface area contributed by atoms with Gasteiger partial charge in [0.05, 0.1) is 32.2 Å². The quantitative estimate of drug-likeness (QED) is 0.804. The maximum absolute atomic E-state index is 12.6. The predicted octanol–water partition coefficient (Wildman–Crippen LogP) is 0.470. The summed E-state index contributed by atoms with van der Waals surface area (Å²) in [6.07, 6.45) is 0. The Morgan fingerprint density at radius 2 is 1.77 bits per heavy atom. The molecule has 26 heavy (non-hydrogen) atoms. The third-order valence-corrected chi connectivity index (χ3v) is 5.49. The van der Waals surface area contributed by atoms with Gasteiger partial charge in [-0.3, -0.25) is 9.59 Å². The highest BCUT2D eigenvalue weighted by Crippen LogP contribution is 2.15. The fraction of sp³-hybridized carbons (Fsp3) is 0.550. The Balaban J connectivity index is 1.92. The number of piperazine rings is 1. The van der Waals surface area contributed by atoms with Gasteiger partial charge in [0, 0.05) is 5.56 Å². The van der Waals surface area contributed by atoms with E-state index in [4.69, 9.17) is 0 Å². The first-order valence-electron chi connectivity index (χ1n) is 9.20. The Morgan fingerprint density at radius 3 is 2.27 bits per heavy atom. The predicted molar refractivity (Wildman–Crippen MR) is 99.5 cm³/mol. The highest BCUT2D eigenvalue weighted by molar-refractivity contribution is 5.94. The van der Waals surface area contributed by atoms with Gasteiger partial charge in [0.1, 0.15) is 5.54 Å². The summed E-state index contributed by atoms with van der Waals surface area (Å²) in [5, 5.41) is 12.3. The van der Waals surface area contributed by atoms with Crippen molar-refractivity contribution >= 4 is 11.8 Å². The molecule has 6 nitrogen and oxygen atoms in total. The number of carbonyl (C=O) groups excluding carboxylic acids is 2. The summed E-state index contributed by atoms with van der Waals surface area (Å²) >= 11 is 0. The third kappa shape index (κ3) is 4.41. The van der Waals surface area contributed by atoms with Crippen LogP contribution in [0.2, 0.25) is 0 Å². The van der Waals surface area contributed by atoms with Gasteiger partial charge < -0.3 is 15.1 Å². The number of carbonyl (C=O) groups is 2. The van der Waals surface area contributed by atoms with E-state index >= 15 is 0 Å². The SMILES string of the molecule is CC(C)[C@@](C)(C#N)NC(=O)[C@H](C)[NH+]1CCN(C(=O)c2ccccc2)CC1. The van der Waals surface area contributed by atoms with Gasteiger partial charge in [-0.1, -0.05) is 32.0 Å². The van der Waals surface area contributed by atoms with Crippen LogP contribution in [0.15, 0.2) is 30.3 Å². The molecule has 1 heterocycles. The molecule has 1 aliphatic rings. The van der Waals surface area contributed by atoms with Crippen molar-refractivity contribution < 1.29 is 14.5 Å². The molecule has 1 fully saturated rings. The lowest BCUT2D eigenvalue weighted by atomic mass is 9.89. The zero-order chi connectivity index (χ0) is 19.3. The van der Waals surface area contributed by atoms with Gasteiger partial charge in [-0.2, -0.15) is 5.26 Å². The topological polar surface area (TPSA) is 77.6 Å². The van der Waals surface area contributed by atoms with Gasteiger partial charge >= 0.3 is 0 Å². The highest BCUT2D eigenvalue weighted by atomic mass is 16.2. The van der Waals surface area contributed by atoms with Crippen LogP contribution in [0.3, 0.4) is 0 Å². The van der Waals surface area contributed by atoms with E-state index in [2.05, 4.69) is 11.4 Å². The first-order valence-corrected chi connectivity index (χ1v) is 9.20. The minimum absolute atomic E-state index is 0.0268. The molecule has 0 spiro atoms. The number of amides is 2. The summed E-state index contributed by atoms with van der Waals surface area (Å²) in [6, 6.07) is 11.2. The second-order valence-electron chi connectivity index (χ2n) is 7.50. The van der Waals surface area contributed by atoms with Crippen LogP contribution in [0.1, 0.15) is 38.1 Å². The van der Waals surface area contributed by atoms with Crippen LogP contribution in [0.4, 0.5) is 0 Å². The number of nitrogens with one attached hydrogen (secondary N) is 2. The molecular formula is C20H29N4O2+. The fourth-order valence-electron chi connectivity index (χ4n) is 3.04. The van der Waals surface area contributed by atoms with Crippen LogP contribution in [0.25, 0.3) is 0 Å². The monoisotopic (exact) mass is 357 g/mol. The summed E-state index contributed by atoms with van der Waals surface area (Å²) in [5.74, 6) is -0.0433. The van der Waals surface area contributed by atoms with E-state index in [0.717, 1.165) is 18.0 Å². The Morgan fingerprint density at radius 1 is 1.19 bits per heavy atom. The van der Waals surface area contributed by atoms with Gasteiger partial charge in [-0.05, 0) is 31.9 Å². The average Bonchev–Trinajstić information content (AvgIpc) is 2.67. The average molecular weight is 357 g/mol. The summed E-state index contributed by atoms with van der Waals surface area (Å²) in [5.41, 5.74) is -0.168. The molecule has 1 aliphatic heterocycles. The van der Waals surface area contributed by atoms with E-state index in [9.17, 15) is 14.9 Å². The molecule has 2 N–H and O–H groups in total. The van der Waals surface area contributed by atoms with Crippen molar-refractivity contribution in [3.8, 4) is 6.07 Å². The van der Waals surface area contributed by atoms with Gasteiger partial charge in [0.25, 0.3) is 11.8 Å². The molecule has 0 aromatic heterocycles. The smallest absolute Gasteiger partial charge is 0.279 e. The van der Waals surface area contributed by atoms with Gasteiger partial charge in [-0.15, -0.1) is 0 Å². The molecule has 0 aliphatic carbocycles. The molecule has 0 bridgehead atoms. The number of hydrogen-bond acceptors (Lipinski definition) is 3. The van der Waals surface area contributed by atoms with E-state index in [1.807, 2.05) is 56.0 Å².